The summed E-state index contributed by atoms with van der Waals surface area (Å²) in [6.07, 6.45) is 7.81. The van der Waals surface area contributed by atoms with E-state index < -0.39 is 0 Å². The number of ether oxygens (including phenoxy) is 2. The average molecular weight is 429 g/mol. The molecule has 0 unspecified atom stereocenters. The Bertz CT molecular complexity index is 1040. The van der Waals surface area contributed by atoms with Crippen LogP contribution in [-0.2, 0) is 0 Å². The van der Waals surface area contributed by atoms with E-state index in [1.807, 2.05) is 6.07 Å². The van der Waals surface area contributed by atoms with Crippen molar-refractivity contribution in [3.8, 4) is 11.5 Å². The Morgan fingerprint density at radius 1 is 1.07 bits per heavy atom. The van der Waals surface area contributed by atoms with Crippen molar-refractivity contribution in [2.45, 2.75) is 32.1 Å². The highest BCUT2D eigenvalue weighted by Gasteiger charge is 2.22. The number of nitrogens with zero attached hydrogens (tertiary/aromatic N) is 3. The van der Waals surface area contributed by atoms with Gasteiger partial charge in [0.15, 0.2) is 11.5 Å². The number of benzene rings is 1. The lowest BCUT2D eigenvalue weighted by molar-refractivity contribution is 0.254. The summed E-state index contributed by atoms with van der Waals surface area (Å²) in [6, 6.07) is 4.09. The van der Waals surface area contributed by atoms with Gasteiger partial charge >= 0.3 is 0 Å². The van der Waals surface area contributed by atoms with Crippen LogP contribution in [0.15, 0.2) is 18.3 Å². The highest BCUT2D eigenvalue weighted by Crippen LogP contribution is 2.41. The first kappa shape index (κ1) is 19.8. The monoisotopic (exact) mass is 428 g/mol. The normalized spacial score (nSPS) is 17.5. The van der Waals surface area contributed by atoms with Gasteiger partial charge in [-0.2, -0.15) is 0 Å². The summed E-state index contributed by atoms with van der Waals surface area (Å²) < 4.78 is 11.8. The van der Waals surface area contributed by atoms with E-state index in [0.717, 1.165) is 65.2 Å². The predicted molar refractivity (Wildman–Crippen MR) is 122 cm³/mol. The Balaban J connectivity index is 1.45. The maximum Gasteiger partial charge on any atom is 0.163 e. The maximum absolute atomic E-state index is 6.51. The first-order valence-electron chi connectivity index (χ1n) is 11.0. The van der Waals surface area contributed by atoms with Gasteiger partial charge in [-0.3, -0.25) is 0 Å². The molecule has 0 radical (unpaired) electrons. The molecule has 0 amide bonds. The molecule has 2 aliphatic heterocycles. The highest BCUT2D eigenvalue weighted by molar-refractivity contribution is 6.36. The number of methoxy groups -OCH3 is 1. The van der Waals surface area contributed by atoms with Gasteiger partial charge in [-0.05, 0) is 51.3 Å². The van der Waals surface area contributed by atoms with E-state index in [-0.39, 0.29) is 0 Å². The average Bonchev–Trinajstić information content (AvgIpc) is 3.52. The molecule has 0 spiro atoms. The summed E-state index contributed by atoms with van der Waals surface area (Å²) in [5.41, 5.74) is 1.92. The van der Waals surface area contributed by atoms with E-state index in [0.29, 0.717) is 11.6 Å². The molecule has 2 aromatic heterocycles. The number of hydrogen-bond acceptors (Lipinski definition) is 5. The van der Waals surface area contributed by atoms with Crippen LogP contribution in [0.25, 0.3) is 21.8 Å². The fourth-order valence-electron chi connectivity index (χ4n) is 4.78. The van der Waals surface area contributed by atoms with Gasteiger partial charge in [0.1, 0.15) is 5.82 Å². The van der Waals surface area contributed by atoms with Crippen molar-refractivity contribution >= 4 is 39.2 Å². The van der Waals surface area contributed by atoms with Crippen molar-refractivity contribution < 1.29 is 9.47 Å². The SMILES string of the molecule is COc1cc2c(cc1OCCCN1CCCC1)[nH]c1c(Cl)cnc(N3CCCC3)c12. The van der Waals surface area contributed by atoms with E-state index in [1.165, 1.54) is 38.8 Å². The third kappa shape index (κ3) is 3.67. The minimum absolute atomic E-state index is 0.635. The second-order valence-electron chi connectivity index (χ2n) is 8.30. The molecule has 0 atom stereocenters. The molecule has 4 heterocycles. The molecule has 160 valence electrons. The molecule has 1 N–H and O–H groups in total. The molecule has 7 heteroatoms. The number of rotatable bonds is 7. The summed E-state index contributed by atoms with van der Waals surface area (Å²) in [4.78, 5) is 13.0. The Hall–Kier alpha value is -2.18. The van der Waals surface area contributed by atoms with Gasteiger partial charge in [0.05, 0.1) is 41.4 Å². The zero-order valence-corrected chi connectivity index (χ0v) is 18.3. The number of aromatic amines is 1. The van der Waals surface area contributed by atoms with Crippen molar-refractivity contribution in [3.63, 3.8) is 0 Å². The third-order valence-corrected chi connectivity index (χ3v) is 6.61. The fourth-order valence-corrected chi connectivity index (χ4v) is 4.97. The lowest BCUT2D eigenvalue weighted by Gasteiger charge is -2.18. The van der Waals surface area contributed by atoms with Gasteiger partial charge in [0, 0.05) is 31.1 Å². The van der Waals surface area contributed by atoms with Gasteiger partial charge < -0.3 is 24.3 Å². The van der Waals surface area contributed by atoms with Crippen LogP contribution in [0.5, 0.6) is 11.5 Å². The van der Waals surface area contributed by atoms with Crippen molar-refractivity contribution in [2.75, 3.05) is 51.3 Å². The van der Waals surface area contributed by atoms with Gasteiger partial charge in [0.25, 0.3) is 0 Å². The molecule has 30 heavy (non-hydrogen) atoms. The summed E-state index contributed by atoms with van der Waals surface area (Å²) in [6.45, 7) is 6.28. The van der Waals surface area contributed by atoms with E-state index in [1.54, 1.807) is 13.3 Å². The molecular formula is C23H29ClN4O2. The molecule has 0 bridgehead atoms. The first-order chi connectivity index (χ1) is 14.7. The second-order valence-corrected chi connectivity index (χ2v) is 8.71. The number of hydrogen-bond donors (Lipinski definition) is 1. The number of likely N-dealkylation sites (tertiary alicyclic amines) is 1. The maximum atomic E-state index is 6.51. The van der Waals surface area contributed by atoms with Crippen LogP contribution in [0.2, 0.25) is 5.02 Å². The summed E-state index contributed by atoms with van der Waals surface area (Å²) in [5.74, 6) is 2.51. The number of halogens is 1. The van der Waals surface area contributed by atoms with Gasteiger partial charge in [-0.1, -0.05) is 11.6 Å². The zero-order chi connectivity index (χ0) is 20.5. The molecule has 0 aliphatic carbocycles. The number of H-pyrrole nitrogens is 1. The minimum atomic E-state index is 0.635. The van der Waals surface area contributed by atoms with Gasteiger partial charge in [-0.15, -0.1) is 0 Å². The lowest BCUT2D eigenvalue weighted by atomic mass is 10.1. The standard InChI is InChI=1S/C23H29ClN4O2/c1-29-19-13-16-18(14-20(19)30-12-6-9-27-7-2-3-8-27)26-22-17(24)15-25-23(21(16)22)28-10-4-5-11-28/h13-15,26H,2-12H2,1H3. The lowest BCUT2D eigenvalue weighted by Crippen LogP contribution is -2.21. The number of aromatic nitrogens is 2. The van der Waals surface area contributed by atoms with Crippen molar-refractivity contribution in [1.29, 1.82) is 0 Å². The topological polar surface area (TPSA) is 53.6 Å². The summed E-state index contributed by atoms with van der Waals surface area (Å²) >= 11 is 6.51. The van der Waals surface area contributed by atoms with Gasteiger partial charge in [-0.25, -0.2) is 4.98 Å². The van der Waals surface area contributed by atoms with E-state index >= 15 is 0 Å². The van der Waals surface area contributed by atoms with Crippen LogP contribution in [0.1, 0.15) is 32.1 Å². The highest BCUT2D eigenvalue weighted by atomic mass is 35.5. The molecule has 2 aliphatic rings. The molecule has 3 aromatic rings. The molecule has 5 rings (SSSR count). The number of anilines is 1. The van der Waals surface area contributed by atoms with Crippen LogP contribution < -0.4 is 14.4 Å². The Labute approximate surface area is 182 Å². The van der Waals surface area contributed by atoms with Crippen molar-refractivity contribution in [3.05, 3.63) is 23.4 Å². The van der Waals surface area contributed by atoms with Crippen LogP contribution in [0, 0.1) is 0 Å². The number of nitrogens with one attached hydrogen (secondary N) is 1. The zero-order valence-electron chi connectivity index (χ0n) is 17.5. The number of pyridine rings is 1. The molecule has 0 saturated carbocycles. The van der Waals surface area contributed by atoms with Crippen LogP contribution in [0.3, 0.4) is 0 Å². The molecule has 2 fully saturated rings. The summed E-state index contributed by atoms with van der Waals surface area (Å²) in [7, 11) is 1.69. The van der Waals surface area contributed by atoms with E-state index in [2.05, 4.69) is 25.8 Å². The summed E-state index contributed by atoms with van der Waals surface area (Å²) in [5, 5.41) is 2.78. The minimum Gasteiger partial charge on any atom is -0.493 e. The second kappa shape index (κ2) is 8.52. The predicted octanol–water partition coefficient (Wildman–Crippen LogP) is 4.84. The molecule has 1 aromatic carbocycles. The number of fused-ring (bicyclic) bond motifs is 3. The van der Waals surface area contributed by atoms with E-state index in [4.69, 9.17) is 21.1 Å². The van der Waals surface area contributed by atoms with Crippen molar-refractivity contribution in [1.82, 2.24) is 14.9 Å². The Morgan fingerprint density at radius 2 is 1.83 bits per heavy atom. The Kier molecular flexibility index (Phi) is 5.61. The third-order valence-electron chi connectivity index (χ3n) is 6.33. The van der Waals surface area contributed by atoms with Crippen LogP contribution >= 0.6 is 11.6 Å². The smallest absolute Gasteiger partial charge is 0.163 e. The fraction of sp³-hybridized carbons (Fsp3) is 0.522. The Morgan fingerprint density at radius 3 is 2.60 bits per heavy atom. The molecular weight excluding hydrogens is 400 g/mol. The molecule has 2 saturated heterocycles. The quantitative estimate of drug-likeness (QED) is 0.545. The first-order valence-corrected chi connectivity index (χ1v) is 11.4. The van der Waals surface area contributed by atoms with Crippen LogP contribution in [-0.4, -0.2) is 61.3 Å². The van der Waals surface area contributed by atoms with E-state index in [9.17, 15) is 0 Å². The van der Waals surface area contributed by atoms with Gasteiger partial charge in [0.2, 0.25) is 0 Å². The molecule has 6 nitrogen and oxygen atoms in total. The largest absolute Gasteiger partial charge is 0.493 e. The van der Waals surface area contributed by atoms with Crippen LogP contribution in [0.4, 0.5) is 5.82 Å². The van der Waals surface area contributed by atoms with Crippen molar-refractivity contribution in [2.24, 2.45) is 0 Å².